The van der Waals surface area contributed by atoms with Gasteiger partial charge >= 0.3 is 0 Å². The van der Waals surface area contributed by atoms with Crippen molar-refractivity contribution in [3.8, 4) is 0 Å². The first kappa shape index (κ1) is 16.4. The van der Waals surface area contributed by atoms with Crippen LogP contribution in [0.15, 0.2) is 24.3 Å². The topological polar surface area (TPSA) is 63.4 Å². The Morgan fingerprint density at radius 2 is 1.75 bits per heavy atom. The lowest BCUT2D eigenvalue weighted by Crippen LogP contribution is -2.38. The molecule has 0 radical (unpaired) electrons. The number of unbranched alkanes of at least 4 members (excludes halogenated alkanes) is 1. The van der Waals surface area contributed by atoms with Gasteiger partial charge in [0.15, 0.2) is 5.78 Å². The number of amides is 1. The third kappa shape index (κ3) is 5.53. The quantitative estimate of drug-likeness (QED) is 0.702. The number of Topliss-reactive ketones (excluding diaryl/α,β-unsaturated/α-hetero) is 1. The number of aryl methyl sites for hydroxylation is 1. The van der Waals surface area contributed by atoms with Crippen LogP contribution in [0.3, 0.4) is 0 Å². The Kier molecular flexibility index (Phi) is 6.94. The molecule has 0 spiro atoms. The molecule has 0 bridgehead atoms. The number of rotatable bonds is 9. The lowest BCUT2D eigenvalue weighted by Gasteiger charge is -2.19. The Bertz CT molecular complexity index is 440. The molecule has 0 aliphatic rings. The van der Waals surface area contributed by atoms with E-state index >= 15 is 0 Å². The van der Waals surface area contributed by atoms with Crippen LogP contribution >= 0.6 is 0 Å². The van der Waals surface area contributed by atoms with Crippen LogP contribution in [0.4, 0.5) is 0 Å². The highest BCUT2D eigenvalue weighted by molar-refractivity contribution is 5.97. The van der Waals surface area contributed by atoms with Crippen LogP contribution in [0.2, 0.25) is 0 Å². The van der Waals surface area contributed by atoms with E-state index in [2.05, 4.69) is 13.8 Å². The smallest absolute Gasteiger partial charge is 0.231 e. The van der Waals surface area contributed by atoms with E-state index in [1.54, 1.807) is 0 Å². The van der Waals surface area contributed by atoms with E-state index < -0.39 is 5.91 Å². The Hall–Kier alpha value is -1.68. The van der Waals surface area contributed by atoms with Crippen molar-refractivity contribution in [3.63, 3.8) is 0 Å². The average Bonchev–Trinajstić information content (AvgIpc) is 2.44. The van der Waals surface area contributed by atoms with Crippen LogP contribution < -0.4 is 5.73 Å². The molecule has 2 N–H and O–H groups in total. The molecule has 4 heteroatoms. The molecule has 0 saturated carbocycles. The minimum atomic E-state index is -0.393. The third-order valence-corrected chi connectivity index (χ3v) is 3.26. The molecule has 0 fully saturated rings. The van der Waals surface area contributed by atoms with Crippen molar-refractivity contribution in [2.24, 2.45) is 5.73 Å². The summed E-state index contributed by atoms with van der Waals surface area (Å²) in [5.74, 6) is -0.361. The number of hydrogen-bond donors (Lipinski definition) is 1. The van der Waals surface area contributed by atoms with Gasteiger partial charge in [-0.2, -0.15) is 0 Å². The first-order chi connectivity index (χ1) is 9.56. The largest absolute Gasteiger partial charge is 0.369 e. The molecule has 0 saturated heterocycles. The number of carbonyl (C=O) groups excluding carboxylic acids is 2. The van der Waals surface area contributed by atoms with Crippen molar-refractivity contribution in [1.29, 1.82) is 0 Å². The minimum Gasteiger partial charge on any atom is -0.369 e. The molecule has 1 rings (SSSR count). The maximum absolute atomic E-state index is 12.2. The fourth-order valence-corrected chi connectivity index (χ4v) is 2.04. The SMILES string of the molecule is CCCCN(CC(N)=O)CC(=O)c1ccc(CC)cc1. The summed E-state index contributed by atoms with van der Waals surface area (Å²) < 4.78 is 0. The summed E-state index contributed by atoms with van der Waals surface area (Å²) in [7, 11) is 0. The highest BCUT2D eigenvalue weighted by Crippen LogP contribution is 2.07. The standard InChI is InChI=1S/C16H24N2O2/c1-3-5-10-18(12-16(17)20)11-15(19)14-8-6-13(4-2)7-9-14/h6-9H,3-5,10-12H2,1-2H3,(H2,17,20). The van der Waals surface area contributed by atoms with Gasteiger partial charge < -0.3 is 5.73 Å². The van der Waals surface area contributed by atoms with Crippen LogP contribution in [0.1, 0.15) is 42.6 Å². The third-order valence-electron chi connectivity index (χ3n) is 3.26. The van der Waals surface area contributed by atoms with Gasteiger partial charge in [0.1, 0.15) is 0 Å². The highest BCUT2D eigenvalue weighted by atomic mass is 16.1. The number of nitrogens with two attached hydrogens (primary N) is 1. The van der Waals surface area contributed by atoms with E-state index in [0.717, 1.165) is 25.8 Å². The number of ketones is 1. The Labute approximate surface area is 121 Å². The Morgan fingerprint density at radius 3 is 2.25 bits per heavy atom. The van der Waals surface area contributed by atoms with Gasteiger partial charge in [-0.05, 0) is 24.9 Å². The maximum Gasteiger partial charge on any atom is 0.231 e. The van der Waals surface area contributed by atoms with Gasteiger partial charge in [0.05, 0.1) is 13.1 Å². The normalized spacial score (nSPS) is 10.8. The number of nitrogens with zero attached hydrogens (tertiary/aromatic N) is 1. The van der Waals surface area contributed by atoms with E-state index in [4.69, 9.17) is 5.73 Å². The molecule has 110 valence electrons. The van der Waals surface area contributed by atoms with Crippen LogP contribution in [0, 0.1) is 0 Å². The first-order valence-corrected chi connectivity index (χ1v) is 7.19. The zero-order valence-electron chi connectivity index (χ0n) is 12.4. The average molecular weight is 276 g/mol. The van der Waals surface area contributed by atoms with E-state index in [1.807, 2.05) is 29.2 Å². The van der Waals surface area contributed by atoms with Crippen LogP contribution in [-0.4, -0.2) is 36.2 Å². The zero-order valence-corrected chi connectivity index (χ0v) is 12.4. The summed E-state index contributed by atoms with van der Waals surface area (Å²) in [5.41, 5.74) is 7.12. The molecule has 20 heavy (non-hydrogen) atoms. The maximum atomic E-state index is 12.2. The van der Waals surface area contributed by atoms with Crippen molar-refractivity contribution in [1.82, 2.24) is 4.90 Å². The van der Waals surface area contributed by atoms with Gasteiger partial charge in [-0.3, -0.25) is 14.5 Å². The molecule has 0 heterocycles. The fraction of sp³-hybridized carbons (Fsp3) is 0.500. The number of hydrogen-bond acceptors (Lipinski definition) is 3. The van der Waals surface area contributed by atoms with Gasteiger partial charge in [0, 0.05) is 5.56 Å². The molecule has 0 aliphatic heterocycles. The summed E-state index contributed by atoms with van der Waals surface area (Å²) >= 11 is 0. The van der Waals surface area contributed by atoms with Crippen molar-refractivity contribution in [3.05, 3.63) is 35.4 Å². The second-order valence-corrected chi connectivity index (χ2v) is 5.00. The van der Waals surface area contributed by atoms with E-state index in [-0.39, 0.29) is 18.9 Å². The predicted octanol–water partition coefficient (Wildman–Crippen LogP) is 2.02. The second-order valence-electron chi connectivity index (χ2n) is 5.00. The van der Waals surface area contributed by atoms with Crippen molar-refractivity contribution in [2.75, 3.05) is 19.6 Å². The Balaban J connectivity index is 2.65. The summed E-state index contributed by atoms with van der Waals surface area (Å²) in [5, 5.41) is 0. The van der Waals surface area contributed by atoms with Crippen LogP contribution in [-0.2, 0) is 11.2 Å². The fourth-order valence-electron chi connectivity index (χ4n) is 2.04. The summed E-state index contributed by atoms with van der Waals surface area (Å²) in [6, 6.07) is 7.64. The van der Waals surface area contributed by atoms with Gasteiger partial charge in [-0.15, -0.1) is 0 Å². The zero-order chi connectivity index (χ0) is 15.0. The van der Waals surface area contributed by atoms with E-state index in [0.29, 0.717) is 5.56 Å². The van der Waals surface area contributed by atoms with Crippen molar-refractivity contribution in [2.45, 2.75) is 33.1 Å². The summed E-state index contributed by atoms with van der Waals surface area (Å²) in [4.78, 5) is 25.1. The van der Waals surface area contributed by atoms with E-state index in [1.165, 1.54) is 5.56 Å². The monoisotopic (exact) mass is 276 g/mol. The Morgan fingerprint density at radius 1 is 1.10 bits per heavy atom. The highest BCUT2D eigenvalue weighted by Gasteiger charge is 2.14. The predicted molar refractivity (Wildman–Crippen MR) is 80.7 cm³/mol. The molecule has 4 nitrogen and oxygen atoms in total. The lowest BCUT2D eigenvalue weighted by molar-refractivity contribution is -0.119. The lowest BCUT2D eigenvalue weighted by atomic mass is 10.1. The van der Waals surface area contributed by atoms with Gasteiger partial charge in [0.2, 0.25) is 5.91 Å². The number of carbonyl (C=O) groups is 2. The van der Waals surface area contributed by atoms with Crippen LogP contribution in [0.5, 0.6) is 0 Å². The number of benzene rings is 1. The molecule has 1 amide bonds. The molecular weight excluding hydrogens is 252 g/mol. The molecule has 0 atom stereocenters. The van der Waals surface area contributed by atoms with Crippen LogP contribution in [0.25, 0.3) is 0 Å². The molecule has 0 unspecified atom stereocenters. The van der Waals surface area contributed by atoms with Crippen molar-refractivity contribution >= 4 is 11.7 Å². The minimum absolute atomic E-state index is 0.0324. The van der Waals surface area contributed by atoms with Crippen molar-refractivity contribution < 1.29 is 9.59 Å². The van der Waals surface area contributed by atoms with E-state index in [9.17, 15) is 9.59 Å². The molecular formula is C16H24N2O2. The molecule has 1 aromatic carbocycles. The number of primary amides is 1. The first-order valence-electron chi connectivity index (χ1n) is 7.19. The summed E-state index contributed by atoms with van der Waals surface area (Å²) in [6.07, 6.45) is 2.93. The molecule has 1 aromatic rings. The summed E-state index contributed by atoms with van der Waals surface area (Å²) in [6.45, 7) is 5.26. The molecule has 0 aromatic heterocycles. The second kappa shape index (κ2) is 8.48. The molecule has 0 aliphatic carbocycles. The van der Waals surface area contributed by atoms with Gasteiger partial charge in [-0.25, -0.2) is 0 Å². The van der Waals surface area contributed by atoms with Gasteiger partial charge in [0.25, 0.3) is 0 Å². The van der Waals surface area contributed by atoms with Gasteiger partial charge in [-0.1, -0.05) is 44.5 Å².